The third-order valence-corrected chi connectivity index (χ3v) is 9.06. The molecule has 262 valence electrons. The Morgan fingerprint density at radius 1 is 0.816 bits per heavy atom. The van der Waals surface area contributed by atoms with Crippen molar-refractivity contribution in [3.63, 3.8) is 0 Å². The Hall–Kier alpha value is -4.68. The van der Waals surface area contributed by atoms with E-state index in [0.29, 0.717) is 47.3 Å². The average molecular weight is 715 g/mol. The molecule has 16 nitrogen and oxygen atoms in total. The fraction of sp³-hybridized carbons (Fsp3) is 0.387. The summed E-state index contributed by atoms with van der Waals surface area (Å²) in [5, 5.41) is 24.0. The monoisotopic (exact) mass is 714 g/mol. The number of nitrogens with one attached hydrogen (secondary N) is 5. The number of aromatic nitrogens is 4. The van der Waals surface area contributed by atoms with E-state index in [9.17, 15) is 19.2 Å². The number of aryl methyl sites for hydroxylation is 3. The molecule has 18 heteroatoms. The summed E-state index contributed by atoms with van der Waals surface area (Å²) >= 11 is 7.58. The van der Waals surface area contributed by atoms with Crippen LogP contribution in [0.1, 0.15) is 48.4 Å². The summed E-state index contributed by atoms with van der Waals surface area (Å²) in [6.07, 6.45) is 5.24. The van der Waals surface area contributed by atoms with E-state index in [0.717, 1.165) is 44.4 Å². The summed E-state index contributed by atoms with van der Waals surface area (Å²) < 4.78 is 14.3. The van der Waals surface area contributed by atoms with Crippen molar-refractivity contribution in [2.45, 2.75) is 6.42 Å². The third kappa shape index (κ3) is 8.87. The molecule has 5 rings (SSSR count). The number of hydrogen-bond donors (Lipinski definition) is 6. The van der Waals surface area contributed by atoms with Crippen LogP contribution in [0, 0.1) is 0 Å². The molecule has 0 unspecified atom stereocenters. The Kier molecular flexibility index (Phi) is 11.7. The number of carbonyl (C=O) groups excluding carboxylic acids is 4. The fourth-order valence-electron chi connectivity index (χ4n) is 5.21. The molecule has 6 N–H and O–H groups in total. The highest BCUT2D eigenvalue weighted by Crippen LogP contribution is 2.31. The number of carbonyl (C=O) groups is 4. The number of nitrogens with zero attached hydrogens (tertiary/aromatic N) is 5. The molecular formula is C31H39ClN10O6S. The molecule has 0 bridgehead atoms. The van der Waals surface area contributed by atoms with Crippen molar-refractivity contribution < 1.29 is 29.0 Å². The van der Waals surface area contributed by atoms with Crippen LogP contribution >= 0.6 is 23.1 Å². The molecule has 1 aliphatic heterocycles. The largest absolute Gasteiger partial charge is 0.396 e. The lowest BCUT2D eigenvalue weighted by Gasteiger charge is -2.26. The number of anilines is 4. The van der Waals surface area contributed by atoms with Crippen molar-refractivity contribution in [1.82, 2.24) is 28.3 Å². The molecule has 0 aromatic carbocycles. The molecule has 0 aliphatic carbocycles. The molecule has 4 amide bonds. The summed E-state index contributed by atoms with van der Waals surface area (Å²) in [6.45, 7) is 4.95. The van der Waals surface area contributed by atoms with E-state index in [4.69, 9.17) is 21.4 Å². The Labute approximate surface area is 291 Å². The molecule has 0 saturated carbocycles. The minimum Gasteiger partial charge on any atom is -0.396 e. The number of morpholine rings is 1. The summed E-state index contributed by atoms with van der Waals surface area (Å²) in [5.41, 5.74) is 2.12. The van der Waals surface area contributed by atoms with Gasteiger partial charge in [0.05, 0.1) is 30.3 Å². The smallest absolute Gasteiger partial charge is 0.277 e. The number of hydrogen-bond acceptors (Lipinski definition) is 10. The first kappa shape index (κ1) is 35.6. The molecule has 1 aliphatic rings. The molecule has 1 fully saturated rings. The minimum absolute atomic E-state index is 0.0299. The van der Waals surface area contributed by atoms with Crippen LogP contribution in [0.25, 0.3) is 0 Å². The van der Waals surface area contributed by atoms with Crippen molar-refractivity contribution in [2.24, 2.45) is 21.1 Å². The number of ether oxygens (including phenoxy) is 1. The van der Waals surface area contributed by atoms with Gasteiger partial charge in [0.1, 0.15) is 27.1 Å². The molecule has 0 radical (unpaired) electrons. The lowest BCUT2D eigenvalue weighted by molar-refractivity contribution is 0.0398. The van der Waals surface area contributed by atoms with Gasteiger partial charge in [-0.15, -0.1) is 0 Å². The molecule has 5 heterocycles. The first-order chi connectivity index (χ1) is 23.5. The maximum atomic E-state index is 13.2. The molecule has 1 saturated heterocycles. The second-order valence-corrected chi connectivity index (χ2v) is 12.6. The zero-order valence-corrected chi connectivity index (χ0v) is 28.9. The number of aliphatic hydroxyl groups excluding tert-OH is 1. The molecule has 49 heavy (non-hydrogen) atoms. The van der Waals surface area contributed by atoms with E-state index in [1.54, 1.807) is 59.5 Å². The molecular weight excluding hydrogens is 676 g/mol. The number of aliphatic hydroxyl groups is 1. The van der Waals surface area contributed by atoms with Crippen LogP contribution < -0.4 is 26.6 Å². The summed E-state index contributed by atoms with van der Waals surface area (Å²) in [6, 6.07) is 4.61. The van der Waals surface area contributed by atoms with Gasteiger partial charge < -0.3 is 50.1 Å². The summed E-state index contributed by atoms with van der Waals surface area (Å²) in [5.74, 6) is -1.74. The van der Waals surface area contributed by atoms with Gasteiger partial charge in [-0.05, 0) is 36.2 Å². The summed E-state index contributed by atoms with van der Waals surface area (Å²) in [7, 11) is 5.02. The third-order valence-electron chi connectivity index (χ3n) is 7.77. The first-order valence-electron chi connectivity index (χ1n) is 15.6. The minimum atomic E-state index is -0.508. The van der Waals surface area contributed by atoms with Gasteiger partial charge in [0, 0.05) is 79.1 Å². The van der Waals surface area contributed by atoms with Crippen LogP contribution in [0.15, 0.2) is 36.8 Å². The van der Waals surface area contributed by atoms with Crippen molar-refractivity contribution in [3.05, 3.63) is 64.6 Å². The van der Waals surface area contributed by atoms with Gasteiger partial charge in [0.25, 0.3) is 23.6 Å². The van der Waals surface area contributed by atoms with Crippen molar-refractivity contribution >= 4 is 68.8 Å². The van der Waals surface area contributed by atoms with Gasteiger partial charge in [0.2, 0.25) is 0 Å². The van der Waals surface area contributed by atoms with E-state index >= 15 is 0 Å². The first-order valence-corrected chi connectivity index (χ1v) is 16.7. The normalized spacial score (nSPS) is 13.2. The molecule has 0 spiro atoms. The second kappa shape index (κ2) is 16.1. The van der Waals surface area contributed by atoms with Gasteiger partial charge in [-0.2, -0.15) is 4.37 Å². The number of rotatable bonds is 14. The Balaban J connectivity index is 1.16. The molecule has 4 aromatic heterocycles. The standard InChI is InChI=1S/C31H39ClN10O6S/c1-39-16-19(13-22(39)27(44)33-5-4-10-43)35-28(45)23-14-20(17-40(23)2)36-29(46)24-15-21(18-41(24)3)37-30(47)26-25(32)31(49-38-26)34-6-7-42-8-11-48-12-9-42/h13-18,34,43H,4-12H2,1-3H3,(H,33,44)(H,35,45)(H,36,46)(H,37,47). The Morgan fingerprint density at radius 2 is 1.33 bits per heavy atom. The van der Waals surface area contributed by atoms with Gasteiger partial charge in [-0.3, -0.25) is 24.1 Å². The molecule has 4 aromatic rings. The topological polar surface area (TPSA) is 189 Å². The van der Waals surface area contributed by atoms with E-state index in [-0.39, 0.29) is 34.6 Å². The quantitative estimate of drug-likeness (QED) is 0.107. The second-order valence-electron chi connectivity index (χ2n) is 11.4. The highest BCUT2D eigenvalue weighted by atomic mass is 35.5. The maximum Gasteiger partial charge on any atom is 0.277 e. The van der Waals surface area contributed by atoms with Gasteiger partial charge >= 0.3 is 0 Å². The number of amides is 4. The van der Waals surface area contributed by atoms with Gasteiger partial charge in [-0.25, -0.2) is 0 Å². The Bertz CT molecular complexity index is 1820. The molecule has 0 atom stereocenters. The predicted octanol–water partition coefficient (Wildman–Crippen LogP) is 2.43. The lowest BCUT2D eigenvalue weighted by atomic mass is 10.3. The van der Waals surface area contributed by atoms with Crippen molar-refractivity contribution in [2.75, 3.05) is 73.8 Å². The average Bonchev–Trinajstić information content (AvgIpc) is 3.83. The van der Waals surface area contributed by atoms with Gasteiger partial charge in [0.15, 0.2) is 5.69 Å². The highest BCUT2D eigenvalue weighted by molar-refractivity contribution is 7.11. The van der Waals surface area contributed by atoms with Crippen LogP contribution in [-0.4, -0.2) is 104 Å². The zero-order valence-electron chi connectivity index (χ0n) is 27.3. The van der Waals surface area contributed by atoms with Crippen molar-refractivity contribution in [1.29, 1.82) is 0 Å². The van der Waals surface area contributed by atoms with Crippen LogP contribution in [0.4, 0.5) is 22.1 Å². The van der Waals surface area contributed by atoms with Crippen LogP contribution in [-0.2, 0) is 25.9 Å². The van der Waals surface area contributed by atoms with Crippen LogP contribution in [0.2, 0.25) is 5.02 Å². The Morgan fingerprint density at radius 3 is 1.86 bits per heavy atom. The van der Waals surface area contributed by atoms with Crippen LogP contribution in [0.3, 0.4) is 0 Å². The highest BCUT2D eigenvalue weighted by Gasteiger charge is 2.22. The van der Waals surface area contributed by atoms with E-state index in [1.807, 2.05) is 0 Å². The van der Waals surface area contributed by atoms with E-state index in [1.165, 1.54) is 12.1 Å². The predicted molar refractivity (Wildman–Crippen MR) is 187 cm³/mol. The van der Waals surface area contributed by atoms with Gasteiger partial charge in [-0.1, -0.05) is 11.6 Å². The van der Waals surface area contributed by atoms with E-state index in [2.05, 4.69) is 35.9 Å². The zero-order chi connectivity index (χ0) is 35.1. The van der Waals surface area contributed by atoms with Crippen LogP contribution in [0.5, 0.6) is 0 Å². The number of halogens is 1. The summed E-state index contributed by atoms with van der Waals surface area (Å²) in [4.78, 5) is 54.0. The van der Waals surface area contributed by atoms with Crippen molar-refractivity contribution in [3.8, 4) is 0 Å². The SMILES string of the molecule is Cn1cc(NC(=O)c2cc(NC(=O)c3cc(NC(=O)c4nsc(NCCN5CCOCC5)c4Cl)cn3C)cn2C)cc1C(=O)NCCCO. The fourth-order valence-corrected chi connectivity index (χ4v) is 6.26. The van der Waals surface area contributed by atoms with E-state index < -0.39 is 17.7 Å². The maximum absolute atomic E-state index is 13.2. The lowest BCUT2D eigenvalue weighted by Crippen LogP contribution is -2.38.